The Kier molecular flexibility index (Phi) is 9.95. The number of hydrogen-bond donors (Lipinski definition) is 2. The third kappa shape index (κ3) is 7.66. The highest BCUT2D eigenvalue weighted by atomic mass is 19.4. The molecule has 1 aliphatic carbocycles. The van der Waals surface area contributed by atoms with E-state index in [0.29, 0.717) is 51.5 Å². The van der Waals surface area contributed by atoms with E-state index in [2.05, 4.69) is 16.3 Å². The number of benzene rings is 2. The number of β-amino-alcohol motifs (C(OH)–C–C–N with tert-alkyl or cyclic N) is 1. The second-order valence-electron chi connectivity index (χ2n) is 11.3. The van der Waals surface area contributed by atoms with Gasteiger partial charge in [-0.3, -0.25) is 0 Å². The first-order valence-corrected chi connectivity index (χ1v) is 14.6. The Bertz CT molecular complexity index is 1120. The van der Waals surface area contributed by atoms with Crippen molar-refractivity contribution < 1.29 is 37.2 Å². The van der Waals surface area contributed by atoms with Crippen LogP contribution in [0.15, 0.2) is 42.5 Å². The van der Waals surface area contributed by atoms with Gasteiger partial charge < -0.3 is 34.3 Å². The van der Waals surface area contributed by atoms with Gasteiger partial charge in [0, 0.05) is 39.3 Å². The molecule has 2 aromatic carbocycles. The maximum absolute atomic E-state index is 13.2. The van der Waals surface area contributed by atoms with Crippen LogP contribution < -0.4 is 19.7 Å². The molecule has 0 radical (unpaired) electrons. The summed E-state index contributed by atoms with van der Waals surface area (Å²) in [5, 5.41) is 14.2. The molecule has 2 heterocycles. The topological polar surface area (TPSA) is 72.4 Å². The van der Waals surface area contributed by atoms with Crippen LogP contribution in [0.2, 0.25) is 0 Å². The highest BCUT2D eigenvalue weighted by molar-refractivity contribution is 5.61. The first-order chi connectivity index (χ1) is 19.8. The van der Waals surface area contributed by atoms with E-state index in [1.807, 2.05) is 24.3 Å². The molecule has 7 nitrogen and oxygen atoms in total. The van der Waals surface area contributed by atoms with Crippen LogP contribution >= 0.6 is 0 Å². The predicted molar refractivity (Wildman–Crippen MR) is 150 cm³/mol. The van der Waals surface area contributed by atoms with Gasteiger partial charge in [-0.1, -0.05) is 18.2 Å². The number of methoxy groups -OCH3 is 1. The van der Waals surface area contributed by atoms with E-state index in [0.717, 1.165) is 42.1 Å². The summed E-state index contributed by atoms with van der Waals surface area (Å²) in [7, 11) is 1.71. The van der Waals surface area contributed by atoms with Crippen LogP contribution in [-0.4, -0.2) is 76.1 Å². The Hall–Kier alpha value is -2.53. The van der Waals surface area contributed by atoms with Gasteiger partial charge in [0.1, 0.15) is 18.1 Å². The third-order valence-corrected chi connectivity index (χ3v) is 8.39. The molecule has 2 fully saturated rings. The van der Waals surface area contributed by atoms with Crippen molar-refractivity contribution in [2.75, 3.05) is 51.4 Å². The number of halogens is 3. The van der Waals surface area contributed by atoms with Gasteiger partial charge in [-0.05, 0) is 67.5 Å². The molecule has 0 spiro atoms. The monoisotopic (exact) mass is 578 g/mol. The first-order valence-electron chi connectivity index (χ1n) is 14.6. The molecule has 5 atom stereocenters. The number of nitrogens with one attached hydrogen (secondary N) is 1. The van der Waals surface area contributed by atoms with E-state index < -0.39 is 24.3 Å². The maximum atomic E-state index is 13.2. The highest BCUT2D eigenvalue weighted by Gasteiger charge is 2.43. The van der Waals surface area contributed by atoms with Gasteiger partial charge >= 0.3 is 6.18 Å². The summed E-state index contributed by atoms with van der Waals surface area (Å²) in [6.45, 7) is 4.51. The molecule has 0 bridgehead atoms. The van der Waals surface area contributed by atoms with Crippen molar-refractivity contribution in [2.24, 2.45) is 5.92 Å². The summed E-state index contributed by atoms with van der Waals surface area (Å²) < 4.78 is 63.0. The SMILES string of the molecule is COCCCN1CCOc2ccc(COC3CNCC(O)[C@@H]3c3ccc(OC4CCCC(C(F)(F)F)C4)cc3)cc21. The number of aliphatic hydroxyl groups excluding tert-OH is 1. The molecule has 5 rings (SSSR count). The van der Waals surface area contributed by atoms with Crippen LogP contribution in [-0.2, 0) is 16.1 Å². The number of hydrogen-bond acceptors (Lipinski definition) is 7. The van der Waals surface area contributed by atoms with Crippen molar-refractivity contribution in [3.05, 3.63) is 53.6 Å². The molecule has 41 heavy (non-hydrogen) atoms. The number of ether oxygens (including phenoxy) is 4. The van der Waals surface area contributed by atoms with Gasteiger partial charge in [0.15, 0.2) is 0 Å². The van der Waals surface area contributed by atoms with E-state index in [1.54, 1.807) is 19.2 Å². The van der Waals surface area contributed by atoms with E-state index in [4.69, 9.17) is 18.9 Å². The van der Waals surface area contributed by atoms with Crippen LogP contribution in [0.4, 0.5) is 18.9 Å². The van der Waals surface area contributed by atoms with Crippen LogP contribution in [0.5, 0.6) is 11.5 Å². The van der Waals surface area contributed by atoms with Crippen LogP contribution in [0.1, 0.15) is 49.1 Å². The summed E-state index contributed by atoms with van der Waals surface area (Å²) in [6, 6.07) is 13.5. The fraction of sp³-hybridized carbons (Fsp3) is 0.613. The van der Waals surface area contributed by atoms with Crippen molar-refractivity contribution in [3.63, 3.8) is 0 Å². The molecular formula is C31H41F3N2O5. The van der Waals surface area contributed by atoms with Crippen molar-refractivity contribution in [1.29, 1.82) is 0 Å². The lowest BCUT2D eigenvalue weighted by Gasteiger charge is -2.36. The molecule has 1 saturated carbocycles. The van der Waals surface area contributed by atoms with E-state index >= 15 is 0 Å². The molecule has 4 unspecified atom stereocenters. The number of alkyl halides is 3. The van der Waals surface area contributed by atoms with Crippen LogP contribution in [0.3, 0.4) is 0 Å². The molecule has 226 valence electrons. The molecule has 1 saturated heterocycles. The van der Waals surface area contributed by atoms with Crippen LogP contribution in [0.25, 0.3) is 0 Å². The third-order valence-electron chi connectivity index (χ3n) is 8.39. The summed E-state index contributed by atoms with van der Waals surface area (Å²) in [5.41, 5.74) is 3.00. The molecule has 2 aromatic rings. The van der Waals surface area contributed by atoms with Crippen molar-refractivity contribution in [2.45, 2.75) is 69.1 Å². The Balaban J connectivity index is 1.22. The van der Waals surface area contributed by atoms with Gasteiger partial charge in [0.2, 0.25) is 0 Å². The minimum atomic E-state index is -4.18. The fourth-order valence-corrected chi connectivity index (χ4v) is 6.23. The molecule has 0 aromatic heterocycles. The average molecular weight is 579 g/mol. The molecule has 2 N–H and O–H groups in total. The predicted octanol–water partition coefficient (Wildman–Crippen LogP) is 5.05. The second-order valence-corrected chi connectivity index (χ2v) is 11.3. The van der Waals surface area contributed by atoms with Crippen molar-refractivity contribution in [3.8, 4) is 11.5 Å². The first kappa shape index (κ1) is 29.9. The molecule has 10 heteroatoms. The minimum Gasteiger partial charge on any atom is -0.490 e. The highest BCUT2D eigenvalue weighted by Crippen LogP contribution is 2.39. The zero-order valence-electron chi connectivity index (χ0n) is 23.6. The number of nitrogens with zero attached hydrogens (tertiary/aromatic N) is 1. The van der Waals surface area contributed by atoms with Crippen molar-refractivity contribution in [1.82, 2.24) is 5.32 Å². The zero-order valence-corrected chi connectivity index (χ0v) is 23.6. The smallest absolute Gasteiger partial charge is 0.391 e. The van der Waals surface area contributed by atoms with Gasteiger partial charge in [0.05, 0.1) is 43.1 Å². The molecular weight excluding hydrogens is 537 g/mol. The Morgan fingerprint density at radius 1 is 1.10 bits per heavy atom. The van der Waals surface area contributed by atoms with E-state index in [1.165, 1.54) is 0 Å². The zero-order chi connectivity index (χ0) is 28.8. The minimum absolute atomic E-state index is 0.00604. The Morgan fingerprint density at radius 3 is 2.71 bits per heavy atom. The van der Waals surface area contributed by atoms with Crippen molar-refractivity contribution >= 4 is 5.69 Å². The van der Waals surface area contributed by atoms with E-state index in [9.17, 15) is 18.3 Å². The summed E-state index contributed by atoms with van der Waals surface area (Å²) >= 11 is 0. The number of piperidine rings is 1. The quantitative estimate of drug-likeness (QED) is 0.382. The Labute approximate surface area is 239 Å². The van der Waals surface area contributed by atoms with E-state index in [-0.39, 0.29) is 24.9 Å². The number of aliphatic hydroxyl groups is 1. The van der Waals surface area contributed by atoms with Crippen LogP contribution in [0, 0.1) is 5.92 Å². The molecule has 0 amide bonds. The lowest BCUT2D eigenvalue weighted by molar-refractivity contribution is -0.188. The summed E-state index contributed by atoms with van der Waals surface area (Å²) in [6.07, 6.45) is -3.30. The van der Waals surface area contributed by atoms with Gasteiger partial charge in [0.25, 0.3) is 0 Å². The largest absolute Gasteiger partial charge is 0.490 e. The van der Waals surface area contributed by atoms with Gasteiger partial charge in [-0.2, -0.15) is 13.2 Å². The lowest BCUT2D eigenvalue weighted by atomic mass is 9.85. The number of fused-ring (bicyclic) bond motifs is 1. The normalized spacial score (nSPS) is 26.8. The second kappa shape index (κ2) is 13.6. The summed E-state index contributed by atoms with van der Waals surface area (Å²) in [5.74, 6) is -0.130. The number of rotatable bonds is 10. The van der Waals surface area contributed by atoms with Gasteiger partial charge in [-0.15, -0.1) is 0 Å². The van der Waals surface area contributed by atoms with Gasteiger partial charge in [-0.25, -0.2) is 0 Å². The summed E-state index contributed by atoms with van der Waals surface area (Å²) in [4.78, 5) is 2.32. The fourth-order valence-electron chi connectivity index (χ4n) is 6.23. The number of anilines is 1. The maximum Gasteiger partial charge on any atom is 0.391 e. The standard InChI is InChI=1S/C31H41F3N2O5/c1-38-14-3-12-36-13-15-39-28-11-6-21(16-26(28)36)20-40-29-19-35-18-27(37)30(29)22-7-9-24(10-8-22)41-25-5-2-4-23(17-25)31(32,33)34/h6-11,16,23,25,27,29-30,35,37H,2-5,12-15,17-20H2,1H3/t23?,25?,27?,29?,30-/m0/s1. The molecule has 2 aliphatic heterocycles. The molecule has 3 aliphatic rings. The Morgan fingerprint density at radius 2 is 1.93 bits per heavy atom. The average Bonchev–Trinajstić information content (AvgIpc) is 2.97. The lowest BCUT2D eigenvalue weighted by Crippen LogP contribution is -2.49.